The highest BCUT2D eigenvalue weighted by Crippen LogP contribution is 2.25. The number of halogens is 1. The minimum absolute atomic E-state index is 0.224. The van der Waals surface area contributed by atoms with E-state index >= 15 is 0 Å². The summed E-state index contributed by atoms with van der Waals surface area (Å²) in [7, 11) is -3.82. The van der Waals surface area contributed by atoms with Crippen LogP contribution in [0.5, 0.6) is 0 Å². The molecule has 2 N–H and O–H groups in total. The van der Waals surface area contributed by atoms with E-state index in [0.717, 1.165) is 18.5 Å². The summed E-state index contributed by atoms with van der Waals surface area (Å²) in [6.45, 7) is 0. The molecule has 0 radical (unpaired) electrons. The number of aromatic nitrogens is 1. The molecular formula is C12H15FN2O4S. The smallest absolute Gasteiger partial charge is 0.306 e. The fourth-order valence-electron chi connectivity index (χ4n) is 2.29. The summed E-state index contributed by atoms with van der Waals surface area (Å²) in [4.78, 5) is 14.1. The average molecular weight is 302 g/mol. The second-order valence-electron chi connectivity index (χ2n) is 4.85. The highest BCUT2D eigenvalue weighted by Gasteiger charge is 2.29. The van der Waals surface area contributed by atoms with Gasteiger partial charge in [0.25, 0.3) is 0 Å². The van der Waals surface area contributed by atoms with Crippen LogP contribution in [-0.4, -0.2) is 30.5 Å². The molecule has 2 rings (SSSR count). The lowest BCUT2D eigenvalue weighted by Gasteiger charge is -2.26. The number of hydrogen-bond donors (Lipinski definition) is 2. The van der Waals surface area contributed by atoms with Crippen LogP contribution < -0.4 is 4.72 Å². The lowest BCUT2D eigenvalue weighted by Crippen LogP contribution is -2.38. The Labute approximate surface area is 116 Å². The monoisotopic (exact) mass is 302 g/mol. The molecule has 0 aromatic carbocycles. The van der Waals surface area contributed by atoms with E-state index < -0.39 is 27.7 Å². The number of pyridine rings is 1. The molecule has 6 nitrogen and oxygen atoms in total. The molecular weight excluding hydrogens is 287 g/mol. The largest absolute Gasteiger partial charge is 0.481 e. The van der Waals surface area contributed by atoms with Crippen molar-refractivity contribution in [3.63, 3.8) is 0 Å². The Bertz CT molecular complexity index is 597. The van der Waals surface area contributed by atoms with E-state index in [4.69, 9.17) is 5.11 Å². The van der Waals surface area contributed by atoms with Crippen LogP contribution in [0.25, 0.3) is 0 Å². The summed E-state index contributed by atoms with van der Waals surface area (Å²) < 4.78 is 39.5. The van der Waals surface area contributed by atoms with Crippen molar-refractivity contribution >= 4 is 16.0 Å². The topological polar surface area (TPSA) is 96.4 Å². The number of aliphatic carboxylic acids is 1. The summed E-state index contributed by atoms with van der Waals surface area (Å²) in [5.74, 6) is -1.98. The Hall–Kier alpha value is -1.54. The van der Waals surface area contributed by atoms with Gasteiger partial charge in [0.05, 0.1) is 12.1 Å². The van der Waals surface area contributed by atoms with Crippen LogP contribution in [0.2, 0.25) is 0 Å². The maximum absolute atomic E-state index is 13.0. The second-order valence-corrected chi connectivity index (χ2v) is 6.56. The summed E-state index contributed by atoms with van der Waals surface area (Å²) in [6, 6.07) is 0.581. The zero-order valence-corrected chi connectivity index (χ0v) is 11.4. The molecule has 1 aromatic rings. The van der Waals surface area contributed by atoms with Gasteiger partial charge < -0.3 is 5.11 Å². The summed E-state index contributed by atoms with van der Waals surface area (Å²) in [6.07, 6.45) is 3.79. The molecule has 110 valence electrons. The SMILES string of the molecule is O=C(O)C1CCC(NS(=O)(=O)c2cncc(F)c2)CC1. The summed E-state index contributed by atoms with van der Waals surface area (Å²) >= 11 is 0. The van der Waals surface area contributed by atoms with Crippen LogP contribution in [0.3, 0.4) is 0 Å². The number of carboxylic acids is 1. The standard InChI is InChI=1S/C12H15FN2O4S/c13-9-5-11(7-14-6-9)20(18,19)15-10-3-1-8(2-4-10)12(16)17/h5-8,10,15H,1-4H2,(H,16,17). The molecule has 0 spiro atoms. The molecule has 0 bridgehead atoms. The third kappa shape index (κ3) is 3.51. The van der Waals surface area contributed by atoms with Crippen molar-refractivity contribution in [3.8, 4) is 0 Å². The van der Waals surface area contributed by atoms with Gasteiger partial charge in [0.15, 0.2) is 0 Å². The number of nitrogens with zero attached hydrogens (tertiary/aromatic N) is 1. The van der Waals surface area contributed by atoms with Crippen molar-refractivity contribution in [2.45, 2.75) is 36.6 Å². The molecule has 1 aromatic heterocycles. The maximum atomic E-state index is 13.0. The van der Waals surface area contributed by atoms with Crippen LogP contribution >= 0.6 is 0 Å². The molecule has 0 amide bonds. The van der Waals surface area contributed by atoms with Gasteiger partial charge in [-0.1, -0.05) is 0 Å². The van der Waals surface area contributed by atoms with Gasteiger partial charge in [-0.2, -0.15) is 0 Å². The fraction of sp³-hybridized carbons (Fsp3) is 0.500. The van der Waals surface area contributed by atoms with E-state index in [1.807, 2.05) is 0 Å². The molecule has 0 unspecified atom stereocenters. The lowest BCUT2D eigenvalue weighted by atomic mass is 9.87. The van der Waals surface area contributed by atoms with E-state index in [0.29, 0.717) is 25.7 Å². The van der Waals surface area contributed by atoms with Crippen molar-refractivity contribution in [1.82, 2.24) is 9.71 Å². The van der Waals surface area contributed by atoms with Gasteiger partial charge in [-0.25, -0.2) is 17.5 Å². The normalized spacial score (nSPS) is 23.4. The predicted octanol–water partition coefficient (Wildman–Crippen LogP) is 1.14. The fourth-order valence-corrected chi connectivity index (χ4v) is 3.56. The van der Waals surface area contributed by atoms with Crippen molar-refractivity contribution in [2.75, 3.05) is 0 Å². The van der Waals surface area contributed by atoms with E-state index in [2.05, 4.69) is 9.71 Å². The summed E-state index contributed by atoms with van der Waals surface area (Å²) in [5.41, 5.74) is 0. The highest BCUT2D eigenvalue weighted by molar-refractivity contribution is 7.89. The summed E-state index contributed by atoms with van der Waals surface area (Å²) in [5, 5.41) is 8.88. The number of sulfonamides is 1. The van der Waals surface area contributed by atoms with Crippen molar-refractivity contribution in [1.29, 1.82) is 0 Å². The molecule has 1 aliphatic carbocycles. The van der Waals surface area contributed by atoms with Crippen molar-refractivity contribution < 1.29 is 22.7 Å². The number of rotatable bonds is 4. The Morgan fingerprint density at radius 2 is 1.95 bits per heavy atom. The predicted molar refractivity (Wildman–Crippen MR) is 67.9 cm³/mol. The van der Waals surface area contributed by atoms with Gasteiger partial charge in [-0.15, -0.1) is 0 Å². The number of nitrogens with one attached hydrogen (secondary N) is 1. The van der Waals surface area contributed by atoms with Crippen LogP contribution in [0.4, 0.5) is 4.39 Å². The van der Waals surface area contributed by atoms with E-state index in [1.165, 1.54) is 0 Å². The number of carboxylic acid groups (broad SMARTS) is 1. The molecule has 0 atom stereocenters. The molecule has 8 heteroatoms. The van der Waals surface area contributed by atoms with E-state index in [9.17, 15) is 17.6 Å². The molecule has 1 aliphatic rings. The van der Waals surface area contributed by atoms with Crippen LogP contribution in [-0.2, 0) is 14.8 Å². The van der Waals surface area contributed by atoms with Crippen LogP contribution in [0.15, 0.2) is 23.4 Å². The van der Waals surface area contributed by atoms with E-state index in [-0.39, 0.29) is 10.9 Å². The average Bonchev–Trinajstić information content (AvgIpc) is 2.39. The maximum Gasteiger partial charge on any atom is 0.306 e. The molecule has 1 saturated carbocycles. The molecule has 1 fully saturated rings. The Kier molecular flexibility index (Phi) is 4.34. The Morgan fingerprint density at radius 3 is 2.50 bits per heavy atom. The zero-order valence-electron chi connectivity index (χ0n) is 10.6. The van der Waals surface area contributed by atoms with Gasteiger partial charge in [0, 0.05) is 12.2 Å². The van der Waals surface area contributed by atoms with Crippen molar-refractivity contribution in [2.24, 2.45) is 5.92 Å². The minimum Gasteiger partial charge on any atom is -0.481 e. The quantitative estimate of drug-likeness (QED) is 0.869. The van der Waals surface area contributed by atoms with E-state index in [1.54, 1.807) is 0 Å². The van der Waals surface area contributed by atoms with Gasteiger partial charge >= 0.3 is 5.97 Å². The van der Waals surface area contributed by atoms with Gasteiger partial charge in [-0.3, -0.25) is 9.78 Å². The lowest BCUT2D eigenvalue weighted by molar-refractivity contribution is -0.142. The molecule has 0 aliphatic heterocycles. The second kappa shape index (κ2) is 5.84. The number of hydrogen-bond acceptors (Lipinski definition) is 4. The first kappa shape index (κ1) is 14.9. The van der Waals surface area contributed by atoms with Gasteiger partial charge in [-0.05, 0) is 31.7 Å². The first-order chi connectivity index (χ1) is 9.38. The molecule has 20 heavy (non-hydrogen) atoms. The van der Waals surface area contributed by atoms with Gasteiger partial charge in [0.1, 0.15) is 10.7 Å². The molecule has 1 heterocycles. The van der Waals surface area contributed by atoms with Crippen molar-refractivity contribution in [3.05, 3.63) is 24.3 Å². The van der Waals surface area contributed by atoms with Gasteiger partial charge in [0.2, 0.25) is 10.0 Å². The Morgan fingerprint density at radius 1 is 1.30 bits per heavy atom. The number of carbonyl (C=O) groups is 1. The Balaban J connectivity index is 2.02. The third-order valence-electron chi connectivity index (χ3n) is 3.39. The van der Waals surface area contributed by atoms with Crippen LogP contribution in [0.1, 0.15) is 25.7 Å². The molecule has 0 saturated heterocycles. The first-order valence-corrected chi connectivity index (χ1v) is 7.72. The third-order valence-corrected chi connectivity index (χ3v) is 4.88. The van der Waals surface area contributed by atoms with Crippen LogP contribution in [0, 0.1) is 11.7 Å². The minimum atomic E-state index is -3.82. The first-order valence-electron chi connectivity index (χ1n) is 6.24. The zero-order chi connectivity index (χ0) is 14.8. The highest BCUT2D eigenvalue weighted by atomic mass is 32.2.